The second-order valence-corrected chi connectivity index (χ2v) is 2.21. The van der Waals surface area contributed by atoms with Crippen LogP contribution in [0.4, 0.5) is 4.39 Å². The first-order valence-electron chi connectivity index (χ1n) is 2.87. The lowest BCUT2D eigenvalue weighted by molar-refractivity contribution is 0.702. The Labute approximate surface area is 63.9 Å². The molecule has 0 unspecified atom stereocenters. The Bertz CT molecular complexity index is 224. The average molecular weight is 157 g/mol. The van der Waals surface area contributed by atoms with E-state index in [4.69, 9.17) is 11.6 Å². The predicted octanol–water partition coefficient (Wildman–Crippen LogP) is 3.19. The standard InChI is InChI=1S/C8H6ClF/c9-8(10)6-7-4-2-1-3-5-7/h1-6H. The lowest BCUT2D eigenvalue weighted by Gasteiger charge is -1.88. The van der Waals surface area contributed by atoms with E-state index >= 15 is 0 Å². The lowest BCUT2D eigenvalue weighted by Crippen LogP contribution is -1.67. The van der Waals surface area contributed by atoms with E-state index in [0.717, 1.165) is 5.56 Å². The van der Waals surface area contributed by atoms with Crippen molar-refractivity contribution in [3.8, 4) is 0 Å². The minimum atomic E-state index is -0.689. The molecule has 0 saturated carbocycles. The summed E-state index contributed by atoms with van der Waals surface area (Å²) in [6.07, 6.45) is 1.27. The summed E-state index contributed by atoms with van der Waals surface area (Å²) in [4.78, 5) is 0. The fourth-order valence-corrected chi connectivity index (χ4v) is 0.801. The Hall–Kier alpha value is -0.820. The van der Waals surface area contributed by atoms with Gasteiger partial charge in [0.05, 0.1) is 0 Å². The SMILES string of the molecule is FC(Cl)=Cc1ccccc1. The lowest BCUT2D eigenvalue weighted by atomic mass is 10.2. The van der Waals surface area contributed by atoms with Crippen LogP contribution in [0, 0.1) is 0 Å². The van der Waals surface area contributed by atoms with Crippen LogP contribution < -0.4 is 0 Å². The summed E-state index contributed by atoms with van der Waals surface area (Å²) in [5, 5.41) is -0.689. The van der Waals surface area contributed by atoms with Crippen LogP contribution in [0.5, 0.6) is 0 Å². The van der Waals surface area contributed by atoms with Crippen molar-refractivity contribution in [1.29, 1.82) is 0 Å². The van der Waals surface area contributed by atoms with Crippen LogP contribution in [0.15, 0.2) is 35.6 Å². The van der Waals surface area contributed by atoms with Gasteiger partial charge in [0.1, 0.15) is 0 Å². The number of rotatable bonds is 1. The normalized spacial score (nSPS) is 11.6. The molecular formula is C8H6ClF. The Balaban J connectivity index is 2.87. The molecule has 0 radical (unpaired) electrons. The van der Waals surface area contributed by atoms with E-state index in [1.165, 1.54) is 6.08 Å². The zero-order valence-electron chi connectivity index (χ0n) is 5.22. The second kappa shape index (κ2) is 3.37. The Morgan fingerprint density at radius 2 is 1.90 bits per heavy atom. The van der Waals surface area contributed by atoms with Gasteiger partial charge in [0.25, 0.3) is 0 Å². The first-order valence-corrected chi connectivity index (χ1v) is 3.24. The molecule has 0 fully saturated rings. The van der Waals surface area contributed by atoms with Crippen LogP contribution in [0.25, 0.3) is 6.08 Å². The summed E-state index contributed by atoms with van der Waals surface area (Å²) in [6, 6.07) is 9.07. The molecule has 0 N–H and O–H groups in total. The quantitative estimate of drug-likeness (QED) is 0.586. The number of hydrogen-bond acceptors (Lipinski definition) is 0. The number of halogens is 2. The van der Waals surface area contributed by atoms with E-state index in [1.54, 1.807) is 12.1 Å². The Morgan fingerprint density at radius 3 is 2.40 bits per heavy atom. The summed E-state index contributed by atoms with van der Waals surface area (Å²) in [5.74, 6) is 0. The van der Waals surface area contributed by atoms with Gasteiger partial charge in [0, 0.05) is 0 Å². The molecule has 0 saturated heterocycles. The van der Waals surface area contributed by atoms with Crippen molar-refractivity contribution in [3.63, 3.8) is 0 Å². The third-order valence-corrected chi connectivity index (χ3v) is 1.18. The Kier molecular flexibility index (Phi) is 2.46. The predicted molar refractivity (Wildman–Crippen MR) is 41.4 cm³/mol. The molecule has 0 aliphatic carbocycles. The maximum absolute atomic E-state index is 12.0. The van der Waals surface area contributed by atoms with Gasteiger partial charge in [-0.15, -0.1) is 0 Å². The Morgan fingerprint density at radius 1 is 1.30 bits per heavy atom. The summed E-state index contributed by atoms with van der Waals surface area (Å²) < 4.78 is 12.0. The van der Waals surface area contributed by atoms with Crippen LogP contribution in [0.1, 0.15) is 5.56 Å². The fourth-order valence-electron chi connectivity index (χ4n) is 0.675. The van der Waals surface area contributed by atoms with Crippen molar-refractivity contribution in [1.82, 2.24) is 0 Å². The van der Waals surface area contributed by atoms with Gasteiger partial charge < -0.3 is 0 Å². The summed E-state index contributed by atoms with van der Waals surface area (Å²) in [5.41, 5.74) is 0.773. The van der Waals surface area contributed by atoms with Gasteiger partial charge in [-0.1, -0.05) is 41.9 Å². The third-order valence-electron chi connectivity index (χ3n) is 1.08. The molecule has 0 aromatic heterocycles. The third kappa shape index (κ3) is 2.19. The van der Waals surface area contributed by atoms with Crippen LogP contribution in [0.2, 0.25) is 0 Å². The van der Waals surface area contributed by atoms with Crippen molar-refractivity contribution < 1.29 is 4.39 Å². The van der Waals surface area contributed by atoms with Crippen LogP contribution >= 0.6 is 11.6 Å². The topological polar surface area (TPSA) is 0 Å². The zero-order valence-corrected chi connectivity index (χ0v) is 5.98. The van der Waals surface area contributed by atoms with Crippen LogP contribution in [-0.2, 0) is 0 Å². The molecule has 0 nitrogen and oxygen atoms in total. The molecule has 0 aliphatic heterocycles. The van der Waals surface area contributed by atoms with Crippen molar-refractivity contribution >= 4 is 17.7 Å². The van der Waals surface area contributed by atoms with Crippen LogP contribution in [0.3, 0.4) is 0 Å². The molecule has 2 heteroatoms. The van der Waals surface area contributed by atoms with Gasteiger partial charge in [0.2, 0.25) is 0 Å². The highest BCUT2D eigenvalue weighted by atomic mass is 35.5. The smallest absolute Gasteiger partial charge is 0.189 e. The van der Waals surface area contributed by atoms with E-state index in [9.17, 15) is 4.39 Å². The molecule has 0 amide bonds. The molecule has 1 rings (SSSR count). The van der Waals surface area contributed by atoms with Gasteiger partial charge in [-0.25, -0.2) is 0 Å². The molecule has 1 aromatic rings. The highest BCUT2D eigenvalue weighted by Crippen LogP contribution is 2.09. The zero-order chi connectivity index (χ0) is 7.40. The molecular weight excluding hydrogens is 151 g/mol. The van der Waals surface area contributed by atoms with E-state index < -0.39 is 5.29 Å². The number of benzene rings is 1. The van der Waals surface area contributed by atoms with E-state index in [0.29, 0.717) is 0 Å². The van der Waals surface area contributed by atoms with Crippen molar-refractivity contribution in [2.45, 2.75) is 0 Å². The molecule has 0 aliphatic rings. The first kappa shape index (κ1) is 7.29. The maximum Gasteiger partial charge on any atom is 0.189 e. The van der Waals surface area contributed by atoms with Gasteiger partial charge in [-0.05, 0) is 11.6 Å². The maximum atomic E-state index is 12.0. The van der Waals surface area contributed by atoms with E-state index in [2.05, 4.69) is 0 Å². The summed E-state index contributed by atoms with van der Waals surface area (Å²) in [7, 11) is 0. The van der Waals surface area contributed by atoms with Crippen molar-refractivity contribution in [3.05, 3.63) is 41.2 Å². The minimum absolute atomic E-state index is 0.689. The molecule has 52 valence electrons. The highest BCUT2D eigenvalue weighted by molar-refractivity contribution is 6.30. The summed E-state index contributed by atoms with van der Waals surface area (Å²) in [6.45, 7) is 0. The minimum Gasteiger partial charge on any atom is -0.194 e. The van der Waals surface area contributed by atoms with Crippen LogP contribution in [-0.4, -0.2) is 0 Å². The monoisotopic (exact) mass is 156 g/mol. The fraction of sp³-hybridized carbons (Fsp3) is 0. The molecule has 1 aromatic carbocycles. The molecule has 10 heavy (non-hydrogen) atoms. The molecule has 0 spiro atoms. The van der Waals surface area contributed by atoms with E-state index in [1.807, 2.05) is 18.2 Å². The van der Waals surface area contributed by atoms with Gasteiger partial charge in [0.15, 0.2) is 5.29 Å². The second-order valence-electron chi connectivity index (χ2n) is 1.84. The number of hydrogen-bond donors (Lipinski definition) is 0. The van der Waals surface area contributed by atoms with Gasteiger partial charge >= 0.3 is 0 Å². The van der Waals surface area contributed by atoms with Crippen molar-refractivity contribution in [2.75, 3.05) is 0 Å². The van der Waals surface area contributed by atoms with E-state index in [-0.39, 0.29) is 0 Å². The van der Waals surface area contributed by atoms with Crippen molar-refractivity contribution in [2.24, 2.45) is 0 Å². The summed E-state index contributed by atoms with van der Waals surface area (Å²) >= 11 is 5.01. The molecule has 0 bridgehead atoms. The molecule has 0 atom stereocenters. The molecule has 0 heterocycles. The average Bonchev–Trinajstić information content (AvgIpc) is 1.88. The highest BCUT2D eigenvalue weighted by Gasteiger charge is 1.86. The van der Waals surface area contributed by atoms with Gasteiger partial charge in [-0.2, -0.15) is 4.39 Å². The first-order chi connectivity index (χ1) is 4.79. The van der Waals surface area contributed by atoms with Gasteiger partial charge in [-0.3, -0.25) is 0 Å². The largest absolute Gasteiger partial charge is 0.194 e.